The van der Waals surface area contributed by atoms with E-state index in [0.717, 1.165) is 9.87 Å². The van der Waals surface area contributed by atoms with Crippen LogP contribution < -0.4 is 5.32 Å². The molecule has 2 aromatic carbocycles. The lowest BCUT2D eigenvalue weighted by atomic mass is 10.2. The highest BCUT2D eigenvalue weighted by atomic mass is 35.5. The number of benzene rings is 2. The molecule has 0 unspecified atom stereocenters. The summed E-state index contributed by atoms with van der Waals surface area (Å²) in [7, 11) is -3.93. The van der Waals surface area contributed by atoms with Crippen LogP contribution >= 0.6 is 23.2 Å². The number of aliphatic hydroxyl groups is 1. The Morgan fingerprint density at radius 3 is 2.37 bits per heavy atom. The fraction of sp³-hybridized carbons (Fsp3) is 0.278. The number of hydrogen-bond donors (Lipinski definition) is 2. The van der Waals surface area contributed by atoms with Crippen molar-refractivity contribution in [3.05, 3.63) is 63.6 Å². The van der Waals surface area contributed by atoms with E-state index < -0.39 is 22.5 Å². The van der Waals surface area contributed by atoms with Gasteiger partial charge in [-0.3, -0.25) is 4.79 Å². The molecule has 0 aromatic heterocycles. The summed E-state index contributed by atoms with van der Waals surface area (Å²) in [6, 6.07) is 11.2. The third-order valence-corrected chi connectivity index (χ3v) is 6.30. The number of aryl methyl sites for hydroxylation is 1. The SMILES string of the molecule is Cc1ccc(S(=O)(=O)N(CC(=O)NCCO)Cc2ccc(Cl)c(Cl)c2)cc1. The van der Waals surface area contributed by atoms with E-state index in [2.05, 4.69) is 5.32 Å². The molecule has 2 aromatic rings. The zero-order valence-electron chi connectivity index (χ0n) is 14.7. The molecule has 0 radical (unpaired) electrons. The average molecular weight is 431 g/mol. The topological polar surface area (TPSA) is 86.7 Å². The summed E-state index contributed by atoms with van der Waals surface area (Å²) in [6.45, 7) is 1.22. The van der Waals surface area contributed by atoms with Crippen LogP contribution in [0.4, 0.5) is 0 Å². The van der Waals surface area contributed by atoms with Crippen molar-refractivity contribution in [3.8, 4) is 0 Å². The highest BCUT2D eigenvalue weighted by Gasteiger charge is 2.27. The number of aliphatic hydroxyl groups excluding tert-OH is 1. The second-order valence-electron chi connectivity index (χ2n) is 5.91. The van der Waals surface area contributed by atoms with Crippen molar-refractivity contribution < 1.29 is 18.3 Å². The first kappa shape index (κ1) is 21.7. The Bertz CT molecular complexity index is 902. The molecule has 6 nitrogen and oxygen atoms in total. The van der Waals surface area contributed by atoms with E-state index in [9.17, 15) is 13.2 Å². The summed E-state index contributed by atoms with van der Waals surface area (Å²) < 4.78 is 27.2. The van der Waals surface area contributed by atoms with E-state index in [-0.39, 0.29) is 24.6 Å². The number of sulfonamides is 1. The molecule has 27 heavy (non-hydrogen) atoms. The van der Waals surface area contributed by atoms with Crippen molar-refractivity contribution in [1.82, 2.24) is 9.62 Å². The smallest absolute Gasteiger partial charge is 0.243 e. The van der Waals surface area contributed by atoms with Gasteiger partial charge in [-0.25, -0.2) is 8.42 Å². The van der Waals surface area contributed by atoms with Crippen LogP contribution in [0.3, 0.4) is 0 Å². The lowest BCUT2D eigenvalue weighted by molar-refractivity contribution is -0.121. The van der Waals surface area contributed by atoms with E-state index in [0.29, 0.717) is 15.6 Å². The fourth-order valence-electron chi connectivity index (χ4n) is 2.34. The zero-order chi connectivity index (χ0) is 20.0. The lowest BCUT2D eigenvalue weighted by Crippen LogP contribution is -2.41. The van der Waals surface area contributed by atoms with Crippen molar-refractivity contribution in [2.24, 2.45) is 0 Å². The van der Waals surface area contributed by atoms with Gasteiger partial charge < -0.3 is 10.4 Å². The molecule has 146 valence electrons. The van der Waals surface area contributed by atoms with E-state index >= 15 is 0 Å². The second-order valence-corrected chi connectivity index (χ2v) is 8.66. The van der Waals surface area contributed by atoms with Crippen molar-refractivity contribution in [2.45, 2.75) is 18.4 Å². The molecule has 2 rings (SSSR count). The van der Waals surface area contributed by atoms with Gasteiger partial charge in [-0.15, -0.1) is 0 Å². The van der Waals surface area contributed by atoms with E-state index in [1.165, 1.54) is 12.1 Å². The number of halogens is 2. The minimum absolute atomic E-state index is 0.0457. The molecule has 0 bridgehead atoms. The summed E-state index contributed by atoms with van der Waals surface area (Å²) in [5.41, 5.74) is 1.51. The Labute approximate surface area is 168 Å². The van der Waals surface area contributed by atoms with Crippen LogP contribution in [0, 0.1) is 6.92 Å². The Balaban J connectivity index is 2.34. The van der Waals surface area contributed by atoms with Gasteiger partial charge >= 0.3 is 0 Å². The van der Waals surface area contributed by atoms with Crippen LogP contribution in [-0.2, 0) is 21.4 Å². The molecule has 9 heteroatoms. The number of nitrogens with zero attached hydrogens (tertiary/aromatic N) is 1. The molecule has 0 aliphatic carbocycles. The first-order valence-corrected chi connectivity index (χ1v) is 10.3. The summed E-state index contributed by atoms with van der Waals surface area (Å²) in [5, 5.41) is 11.9. The Kier molecular flexibility index (Phi) is 7.64. The van der Waals surface area contributed by atoms with Crippen LogP contribution in [0.15, 0.2) is 47.4 Å². The second kappa shape index (κ2) is 9.52. The first-order chi connectivity index (χ1) is 12.7. The van der Waals surface area contributed by atoms with E-state index in [1.54, 1.807) is 30.3 Å². The molecule has 1 amide bonds. The van der Waals surface area contributed by atoms with Gasteiger partial charge in [0.25, 0.3) is 0 Å². The number of rotatable bonds is 8. The largest absolute Gasteiger partial charge is 0.395 e. The highest BCUT2D eigenvalue weighted by molar-refractivity contribution is 7.89. The van der Waals surface area contributed by atoms with Gasteiger partial charge in [-0.2, -0.15) is 4.31 Å². The van der Waals surface area contributed by atoms with Gasteiger partial charge in [0.05, 0.1) is 28.1 Å². The molecule has 0 fully saturated rings. The Morgan fingerprint density at radius 2 is 1.78 bits per heavy atom. The van der Waals surface area contributed by atoms with Gasteiger partial charge in [0.15, 0.2) is 0 Å². The van der Waals surface area contributed by atoms with Crippen LogP contribution in [0.5, 0.6) is 0 Å². The van der Waals surface area contributed by atoms with Crippen LogP contribution in [0.25, 0.3) is 0 Å². The first-order valence-electron chi connectivity index (χ1n) is 8.12. The minimum atomic E-state index is -3.93. The van der Waals surface area contributed by atoms with E-state index in [1.807, 2.05) is 6.92 Å². The minimum Gasteiger partial charge on any atom is -0.395 e. The third-order valence-electron chi connectivity index (χ3n) is 3.76. The van der Waals surface area contributed by atoms with Crippen molar-refractivity contribution >= 4 is 39.1 Å². The number of nitrogens with one attached hydrogen (secondary N) is 1. The van der Waals surface area contributed by atoms with Gasteiger partial charge in [-0.1, -0.05) is 47.0 Å². The third kappa shape index (κ3) is 5.92. The lowest BCUT2D eigenvalue weighted by Gasteiger charge is -2.22. The average Bonchev–Trinajstić information content (AvgIpc) is 2.62. The Hall–Kier alpha value is -1.64. The maximum absolute atomic E-state index is 13.0. The molecule has 2 N–H and O–H groups in total. The summed E-state index contributed by atoms with van der Waals surface area (Å²) in [5.74, 6) is -0.514. The van der Waals surface area contributed by atoms with E-state index in [4.69, 9.17) is 28.3 Å². The molecule has 0 saturated heterocycles. The number of hydrogen-bond acceptors (Lipinski definition) is 4. The van der Waals surface area contributed by atoms with Gasteiger partial charge in [0.1, 0.15) is 0 Å². The molecular weight excluding hydrogens is 411 g/mol. The van der Waals surface area contributed by atoms with Gasteiger partial charge in [0.2, 0.25) is 15.9 Å². The standard InChI is InChI=1S/C18H20Cl2N2O4S/c1-13-2-5-15(6-3-13)27(25,26)22(12-18(24)21-8-9-23)11-14-4-7-16(19)17(20)10-14/h2-7,10,23H,8-9,11-12H2,1H3,(H,21,24). The van der Waals surface area contributed by atoms with Crippen molar-refractivity contribution in [2.75, 3.05) is 19.7 Å². The quantitative estimate of drug-likeness (QED) is 0.673. The number of carbonyl (C=O) groups excluding carboxylic acids is 1. The molecule has 0 spiro atoms. The number of amides is 1. The Morgan fingerprint density at radius 1 is 1.11 bits per heavy atom. The summed E-state index contributed by atoms with van der Waals surface area (Å²) in [4.78, 5) is 12.2. The maximum atomic E-state index is 13.0. The van der Waals surface area contributed by atoms with Gasteiger partial charge in [0, 0.05) is 13.1 Å². The maximum Gasteiger partial charge on any atom is 0.243 e. The highest BCUT2D eigenvalue weighted by Crippen LogP contribution is 2.25. The molecule has 0 atom stereocenters. The summed E-state index contributed by atoms with van der Waals surface area (Å²) in [6.07, 6.45) is 0. The molecular formula is C18H20Cl2N2O4S. The monoisotopic (exact) mass is 430 g/mol. The zero-order valence-corrected chi connectivity index (χ0v) is 17.0. The van der Waals surface area contributed by atoms with Crippen LogP contribution in [-0.4, -0.2) is 43.4 Å². The predicted octanol–water partition coefficient (Wildman–Crippen LogP) is 2.60. The van der Waals surface area contributed by atoms with Crippen molar-refractivity contribution in [1.29, 1.82) is 0 Å². The summed E-state index contributed by atoms with van der Waals surface area (Å²) >= 11 is 11.9. The fourth-order valence-corrected chi connectivity index (χ4v) is 4.04. The van der Waals surface area contributed by atoms with Crippen molar-refractivity contribution in [3.63, 3.8) is 0 Å². The van der Waals surface area contributed by atoms with Crippen LogP contribution in [0.2, 0.25) is 10.0 Å². The molecule has 0 aliphatic heterocycles. The van der Waals surface area contributed by atoms with Crippen LogP contribution in [0.1, 0.15) is 11.1 Å². The molecule has 0 saturated carbocycles. The number of carbonyl (C=O) groups is 1. The molecule has 0 heterocycles. The predicted molar refractivity (Wildman–Crippen MR) is 105 cm³/mol. The van der Waals surface area contributed by atoms with Gasteiger partial charge in [-0.05, 0) is 36.8 Å². The molecule has 0 aliphatic rings. The normalized spacial score (nSPS) is 11.6.